The molecule has 0 aliphatic carbocycles. The van der Waals surface area contributed by atoms with Crippen LogP contribution in [-0.2, 0) is 17.8 Å². The summed E-state index contributed by atoms with van der Waals surface area (Å²) >= 11 is 6.14. The van der Waals surface area contributed by atoms with Crippen molar-refractivity contribution < 1.29 is 4.79 Å². The minimum atomic E-state index is -0.156. The van der Waals surface area contributed by atoms with Crippen LogP contribution < -0.4 is 5.56 Å². The molecule has 0 N–H and O–H groups in total. The van der Waals surface area contributed by atoms with Gasteiger partial charge in [0.2, 0.25) is 5.91 Å². The van der Waals surface area contributed by atoms with Gasteiger partial charge in [0.25, 0.3) is 5.56 Å². The molecule has 3 aromatic rings. The van der Waals surface area contributed by atoms with Crippen LogP contribution in [0.5, 0.6) is 0 Å². The van der Waals surface area contributed by atoms with Crippen LogP contribution in [0.1, 0.15) is 17.0 Å². The third-order valence-electron chi connectivity index (χ3n) is 5.12. The van der Waals surface area contributed by atoms with Crippen molar-refractivity contribution in [1.82, 2.24) is 24.5 Å². The molecule has 1 fully saturated rings. The first-order valence-corrected chi connectivity index (χ1v) is 9.91. The van der Waals surface area contributed by atoms with Crippen LogP contribution in [0.15, 0.2) is 47.3 Å². The maximum atomic E-state index is 12.5. The van der Waals surface area contributed by atoms with Gasteiger partial charge in [-0.15, -0.1) is 5.10 Å². The molecule has 0 unspecified atom stereocenters. The molecule has 0 radical (unpaired) electrons. The molecule has 1 aliphatic heterocycles. The Morgan fingerprint density at radius 2 is 1.90 bits per heavy atom. The number of aromatic nitrogens is 4. The van der Waals surface area contributed by atoms with Crippen molar-refractivity contribution in [3.8, 4) is 5.82 Å². The monoisotopic (exact) mass is 411 g/mol. The molecule has 3 heterocycles. The summed E-state index contributed by atoms with van der Waals surface area (Å²) in [5.41, 5.74) is 2.53. The van der Waals surface area contributed by atoms with Gasteiger partial charge in [0.1, 0.15) is 0 Å². The van der Waals surface area contributed by atoms with Crippen LogP contribution in [0.3, 0.4) is 0 Å². The zero-order valence-corrected chi connectivity index (χ0v) is 17.1. The highest BCUT2D eigenvalue weighted by Gasteiger charge is 2.31. The van der Waals surface area contributed by atoms with Crippen LogP contribution in [0.4, 0.5) is 0 Å². The Hall–Kier alpha value is -2.93. The molecule has 1 amide bonds. The summed E-state index contributed by atoms with van der Waals surface area (Å²) in [6.45, 7) is 5.57. The van der Waals surface area contributed by atoms with E-state index in [4.69, 9.17) is 11.6 Å². The predicted octanol–water partition coefficient (Wildman–Crippen LogP) is 2.40. The fourth-order valence-corrected chi connectivity index (χ4v) is 3.80. The Labute approximate surface area is 173 Å². The lowest BCUT2D eigenvalue weighted by atomic mass is 9.99. The van der Waals surface area contributed by atoms with Gasteiger partial charge < -0.3 is 4.90 Å². The first-order chi connectivity index (χ1) is 13.9. The van der Waals surface area contributed by atoms with Crippen molar-refractivity contribution in [2.45, 2.75) is 26.8 Å². The van der Waals surface area contributed by atoms with Gasteiger partial charge >= 0.3 is 0 Å². The topological polar surface area (TPSA) is 73.0 Å². The van der Waals surface area contributed by atoms with E-state index in [1.807, 2.05) is 38.1 Å². The normalized spacial score (nSPS) is 14.1. The van der Waals surface area contributed by atoms with Crippen molar-refractivity contribution in [1.29, 1.82) is 0 Å². The Balaban J connectivity index is 1.39. The molecular weight excluding hydrogens is 390 g/mol. The summed E-state index contributed by atoms with van der Waals surface area (Å²) in [6.07, 6.45) is 0.290. The minimum absolute atomic E-state index is 0.0473. The van der Waals surface area contributed by atoms with Crippen LogP contribution in [0.2, 0.25) is 5.02 Å². The van der Waals surface area contributed by atoms with Crippen molar-refractivity contribution in [3.05, 3.63) is 74.8 Å². The second-order valence-electron chi connectivity index (χ2n) is 7.48. The SMILES string of the molecule is Cc1cc(C)n(-c2ccc(=O)n(CC3CN(C(=O)Cc4ccccc4Cl)C3)n2)n1. The largest absolute Gasteiger partial charge is 0.342 e. The van der Waals surface area contributed by atoms with Crippen molar-refractivity contribution >= 4 is 17.5 Å². The van der Waals surface area contributed by atoms with Gasteiger partial charge in [-0.3, -0.25) is 9.59 Å². The number of nitrogens with zero attached hydrogens (tertiary/aromatic N) is 5. The first kappa shape index (κ1) is 19.4. The molecule has 0 atom stereocenters. The number of rotatable bonds is 5. The highest BCUT2D eigenvalue weighted by atomic mass is 35.5. The molecule has 1 aromatic carbocycles. The third-order valence-corrected chi connectivity index (χ3v) is 5.49. The van der Waals surface area contributed by atoms with Gasteiger partial charge in [-0.05, 0) is 37.6 Å². The van der Waals surface area contributed by atoms with Crippen molar-refractivity contribution in [2.24, 2.45) is 5.92 Å². The molecule has 1 saturated heterocycles. The summed E-state index contributed by atoms with van der Waals surface area (Å²) in [5.74, 6) is 0.860. The van der Waals surface area contributed by atoms with E-state index in [2.05, 4.69) is 10.2 Å². The second-order valence-corrected chi connectivity index (χ2v) is 7.89. The molecule has 0 spiro atoms. The quantitative estimate of drug-likeness (QED) is 0.646. The molecule has 2 aromatic heterocycles. The van der Waals surface area contributed by atoms with Crippen LogP contribution in [0.25, 0.3) is 5.82 Å². The Morgan fingerprint density at radius 3 is 2.59 bits per heavy atom. The van der Waals surface area contributed by atoms with E-state index in [0.717, 1.165) is 17.0 Å². The van der Waals surface area contributed by atoms with E-state index in [0.29, 0.717) is 30.5 Å². The third kappa shape index (κ3) is 4.10. The Kier molecular flexibility index (Phi) is 5.24. The van der Waals surface area contributed by atoms with Crippen molar-refractivity contribution in [3.63, 3.8) is 0 Å². The zero-order chi connectivity index (χ0) is 20.5. The molecule has 150 valence electrons. The molecule has 29 heavy (non-hydrogen) atoms. The lowest BCUT2D eigenvalue weighted by molar-refractivity contribution is -0.137. The zero-order valence-electron chi connectivity index (χ0n) is 16.4. The fraction of sp³-hybridized carbons (Fsp3) is 0.333. The summed E-state index contributed by atoms with van der Waals surface area (Å²) < 4.78 is 3.19. The van der Waals surface area contributed by atoms with Gasteiger partial charge in [-0.25, -0.2) is 9.36 Å². The number of carbonyl (C=O) groups excluding carboxylic acids is 1. The maximum Gasteiger partial charge on any atom is 0.266 e. The molecule has 1 aliphatic rings. The predicted molar refractivity (Wildman–Crippen MR) is 110 cm³/mol. The Bertz CT molecular complexity index is 1110. The molecule has 7 nitrogen and oxygen atoms in total. The molecule has 0 bridgehead atoms. The van der Waals surface area contributed by atoms with E-state index >= 15 is 0 Å². The van der Waals surface area contributed by atoms with Crippen LogP contribution in [-0.4, -0.2) is 43.5 Å². The van der Waals surface area contributed by atoms with E-state index in [1.165, 1.54) is 10.7 Å². The summed E-state index contributed by atoms with van der Waals surface area (Å²) in [5, 5.41) is 9.50. The van der Waals surface area contributed by atoms with Gasteiger partial charge in [0.05, 0.1) is 18.7 Å². The highest BCUT2D eigenvalue weighted by molar-refractivity contribution is 6.31. The number of benzene rings is 1. The smallest absolute Gasteiger partial charge is 0.266 e. The molecule has 0 saturated carbocycles. The number of hydrogen-bond acceptors (Lipinski definition) is 4. The minimum Gasteiger partial charge on any atom is -0.342 e. The maximum absolute atomic E-state index is 12.5. The van der Waals surface area contributed by atoms with Gasteiger partial charge in [-0.1, -0.05) is 29.8 Å². The summed E-state index contributed by atoms with van der Waals surface area (Å²) in [7, 11) is 0. The average Bonchev–Trinajstić information content (AvgIpc) is 2.99. The number of carbonyl (C=O) groups is 1. The van der Waals surface area contributed by atoms with E-state index in [9.17, 15) is 9.59 Å². The van der Waals surface area contributed by atoms with Gasteiger partial charge in [-0.2, -0.15) is 5.10 Å². The van der Waals surface area contributed by atoms with E-state index < -0.39 is 0 Å². The number of aryl methyl sites for hydroxylation is 2. The van der Waals surface area contributed by atoms with Crippen LogP contribution in [0, 0.1) is 19.8 Å². The first-order valence-electron chi connectivity index (χ1n) is 9.53. The molecular formula is C21H22ClN5O2. The van der Waals surface area contributed by atoms with Crippen molar-refractivity contribution in [2.75, 3.05) is 13.1 Å². The van der Waals surface area contributed by atoms with E-state index in [1.54, 1.807) is 21.7 Å². The molecule has 4 rings (SSSR count). The Morgan fingerprint density at radius 1 is 1.14 bits per heavy atom. The molecule has 8 heteroatoms. The number of likely N-dealkylation sites (tertiary alicyclic amines) is 1. The summed E-state index contributed by atoms with van der Waals surface area (Å²) in [4.78, 5) is 26.5. The summed E-state index contributed by atoms with van der Waals surface area (Å²) in [6, 6.07) is 12.5. The average molecular weight is 412 g/mol. The van der Waals surface area contributed by atoms with Gasteiger partial charge in [0, 0.05) is 35.8 Å². The van der Waals surface area contributed by atoms with Crippen LogP contribution >= 0.6 is 11.6 Å². The number of halogens is 1. The highest BCUT2D eigenvalue weighted by Crippen LogP contribution is 2.21. The number of hydrogen-bond donors (Lipinski definition) is 0. The standard InChI is InChI=1S/C21H22ClN5O2/c1-14-9-15(2)27(23-14)19-7-8-20(28)26(24-19)13-16-11-25(12-16)21(29)10-17-5-3-4-6-18(17)22/h3-9,16H,10-13H2,1-2H3. The van der Waals surface area contributed by atoms with E-state index in [-0.39, 0.29) is 23.8 Å². The lowest BCUT2D eigenvalue weighted by Crippen LogP contribution is -2.52. The number of amides is 1. The van der Waals surface area contributed by atoms with Gasteiger partial charge in [0.15, 0.2) is 5.82 Å². The fourth-order valence-electron chi connectivity index (χ4n) is 3.59. The second kappa shape index (κ2) is 7.83. The lowest BCUT2D eigenvalue weighted by Gasteiger charge is -2.39.